The number of hydrogen-bond donors (Lipinski definition) is 1. The van der Waals surface area contributed by atoms with E-state index in [1.54, 1.807) is 6.26 Å². The minimum atomic E-state index is -0.512. The maximum absolute atomic E-state index is 13.9. The van der Waals surface area contributed by atoms with Crippen LogP contribution in [-0.4, -0.2) is 22.8 Å². The molecular formula is C17H18FN3O2S. The maximum atomic E-state index is 13.9. The Morgan fingerprint density at radius 1 is 1.42 bits per heavy atom. The number of H-pyrrole nitrogens is 1. The van der Waals surface area contributed by atoms with Crippen molar-refractivity contribution in [3.63, 3.8) is 0 Å². The minimum absolute atomic E-state index is 0.0975. The number of aromatic nitrogens is 2. The molecule has 0 aliphatic carbocycles. The van der Waals surface area contributed by atoms with E-state index in [9.17, 15) is 14.4 Å². The molecule has 0 aliphatic heterocycles. The molecule has 24 heavy (non-hydrogen) atoms. The monoisotopic (exact) mass is 347 g/mol. The van der Waals surface area contributed by atoms with Crippen LogP contribution in [0.1, 0.15) is 31.7 Å². The highest BCUT2D eigenvalue weighted by Crippen LogP contribution is 2.27. The predicted octanol–water partition coefficient (Wildman–Crippen LogP) is 3.74. The molecule has 1 aromatic heterocycles. The Labute approximate surface area is 143 Å². The first kappa shape index (κ1) is 18.0. The molecule has 0 aliphatic rings. The number of hydrogen-bond acceptors (Lipinski definition) is 5. The van der Waals surface area contributed by atoms with E-state index in [1.165, 1.54) is 30.0 Å². The lowest BCUT2D eigenvalue weighted by atomic mass is 10.1. The molecule has 0 atom stereocenters. The SMILES string of the molecule is CCCCCOc1cc(-c2nc(SC)[nH]c(=O)c2C#N)ccc1F. The topological polar surface area (TPSA) is 78.8 Å². The summed E-state index contributed by atoms with van der Waals surface area (Å²) in [4.78, 5) is 18.8. The van der Waals surface area contributed by atoms with Crippen LogP contribution in [0, 0.1) is 17.1 Å². The number of rotatable bonds is 7. The van der Waals surface area contributed by atoms with E-state index in [4.69, 9.17) is 4.74 Å². The molecule has 2 aromatic rings. The summed E-state index contributed by atoms with van der Waals surface area (Å²) >= 11 is 1.26. The predicted molar refractivity (Wildman–Crippen MR) is 91.8 cm³/mol. The summed E-state index contributed by atoms with van der Waals surface area (Å²) in [7, 11) is 0. The van der Waals surface area contributed by atoms with E-state index >= 15 is 0 Å². The van der Waals surface area contributed by atoms with Crippen LogP contribution >= 0.6 is 11.8 Å². The number of nitrogens with zero attached hydrogens (tertiary/aromatic N) is 2. The molecule has 0 spiro atoms. The first-order valence-corrected chi connectivity index (χ1v) is 8.84. The molecular weight excluding hydrogens is 329 g/mol. The van der Waals surface area contributed by atoms with E-state index in [0.29, 0.717) is 17.3 Å². The number of aromatic amines is 1. The molecule has 5 nitrogen and oxygen atoms in total. The maximum Gasteiger partial charge on any atom is 0.270 e. The molecule has 0 fully saturated rings. The fraction of sp³-hybridized carbons (Fsp3) is 0.353. The van der Waals surface area contributed by atoms with Gasteiger partial charge in [0.2, 0.25) is 0 Å². The molecule has 0 amide bonds. The molecule has 0 saturated heterocycles. The Kier molecular flexibility index (Phi) is 6.38. The van der Waals surface area contributed by atoms with Gasteiger partial charge in [-0.25, -0.2) is 9.37 Å². The highest BCUT2D eigenvalue weighted by molar-refractivity contribution is 7.98. The Morgan fingerprint density at radius 3 is 2.88 bits per heavy atom. The summed E-state index contributed by atoms with van der Waals surface area (Å²) in [5.74, 6) is -0.385. The van der Waals surface area contributed by atoms with Gasteiger partial charge in [-0.1, -0.05) is 31.5 Å². The lowest BCUT2D eigenvalue weighted by Crippen LogP contribution is -2.14. The van der Waals surface area contributed by atoms with Gasteiger partial charge < -0.3 is 9.72 Å². The van der Waals surface area contributed by atoms with E-state index < -0.39 is 11.4 Å². The van der Waals surface area contributed by atoms with Crippen molar-refractivity contribution in [2.75, 3.05) is 12.9 Å². The van der Waals surface area contributed by atoms with Gasteiger partial charge in [0.15, 0.2) is 16.7 Å². The summed E-state index contributed by atoms with van der Waals surface area (Å²) in [5.41, 5.74) is 0.0850. The van der Waals surface area contributed by atoms with Crippen LogP contribution in [-0.2, 0) is 0 Å². The second-order valence-electron chi connectivity index (χ2n) is 5.11. The zero-order valence-corrected chi connectivity index (χ0v) is 14.4. The van der Waals surface area contributed by atoms with Crippen LogP contribution in [0.2, 0.25) is 0 Å². The zero-order valence-electron chi connectivity index (χ0n) is 13.6. The van der Waals surface area contributed by atoms with Crippen molar-refractivity contribution < 1.29 is 9.13 Å². The van der Waals surface area contributed by atoms with Gasteiger partial charge in [-0.15, -0.1) is 0 Å². The summed E-state index contributed by atoms with van der Waals surface area (Å²) in [6.45, 7) is 2.49. The number of thioether (sulfide) groups is 1. The summed E-state index contributed by atoms with van der Waals surface area (Å²) in [5, 5.41) is 9.62. The number of nitriles is 1. The van der Waals surface area contributed by atoms with Gasteiger partial charge in [0.05, 0.1) is 12.3 Å². The molecule has 1 aromatic carbocycles. The number of benzene rings is 1. The molecule has 126 valence electrons. The summed E-state index contributed by atoms with van der Waals surface area (Å²) < 4.78 is 19.4. The van der Waals surface area contributed by atoms with Gasteiger partial charge in [-0.05, 0) is 30.9 Å². The quantitative estimate of drug-likeness (QED) is 0.469. The van der Waals surface area contributed by atoms with Crippen molar-refractivity contribution in [3.05, 3.63) is 39.9 Å². The van der Waals surface area contributed by atoms with Gasteiger partial charge in [-0.2, -0.15) is 5.26 Å². The van der Waals surface area contributed by atoms with Crippen LogP contribution in [0.5, 0.6) is 5.75 Å². The fourth-order valence-electron chi connectivity index (χ4n) is 2.16. The standard InChI is InChI=1S/C17H18FN3O2S/c1-3-4-5-8-23-14-9-11(6-7-13(14)18)15-12(10-19)16(22)21-17(20-15)24-2/h6-7,9H,3-5,8H2,1-2H3,(H,20,21,22). The normalized spacial score (nSPS) is 10.4. The third-order valence-corrected chi connectivity index (χ3v) is 3.99. The van der Waals surface area contributed by atoms with E-state index in [2.05, 4.69) is 16.9 Å². The third-order valence-electron chi connectivity index (χ3n) is 3.41. The molecule has 0 bridgehead atoms. The smallest absolute Gasteiger partial charge is 0.270 e. The van der Waals surface area contributed by atoms with Gasteiger partial charge in [-0.3, -0.25) is 4.79 Å². The van der Waals surface area contributed by atoms with E-state index in [1.807, 2.05) is 6.07 Å². The van der Waals surface area contributed by atoms with Crippen molar-refractivity contribution >= 4 is 11.8 Å². The molecule has 2 rings (SSSR count). The Balaban J connectivity index is 2.41. The fourth-order valence-corrected chi connectivity index (χ4v) is 2.53. The van der Waals surface area contributed by atoms with Crippen LogP contribution in [0.4, 0.5) is 4.39 Å². The molecule has 7 heteroatoms. The number of nitrogens with one attached hydrogen (secondary N) is 1. The van der Waals surface area contributed by atoms with Gasteiger partial charge in [0, 0.05) is 5.56 Å². The van der Waals surface area contributed by atoms with Crippen molar-refractivity contribution in [3.8, 4) is 23.1 Å². The second kappa shape index (κ2) is 8.50. The molecule has 0 saturated carbocycles. The number of halogens is 1. The number of ether oxygens (including phenoxy) is 1. The number of unbranched alkanes of at least 4 members (excludes halogenated alkanes) is 2. The third kappa shape index (κ3) is 4.15. The van der Waals surface area contributed by atoms with Crippen LogP contribution in [0.25, 0.3) is 11.3 Å². The van der Waals surface area contributed by atoms with Gasteiger partial charge in [0.1, 0.15) is 11.6 Å². The van der Waals surface area contributed by atoms with Crippen LogP contribution < -0.4 is 10.3 Å². The lowest BCUT2D eigenvalue weighted by molar-refractivity contribution is 0.291. The lowest BCUT2D eigenvalue weighted by Gasteiger charge is -2.10. The summed E-state index contributed by atoms with van der Waals surface area (Å²) in [6, 6.07) is 6.08. The average Bonchev–Trinajstić information content (AvgIpc) is 2.59. The molecule has 1 N–H and O–H groups in total. The second-order valence-corrected chi connectivity index (χ2v) is 5.91. The Bertz CT molecular complexity index is 814. The summed E-state index contributed by atoms with van der Waals surface area (Å²) in [6.07, 6.45) is 4.66. The molecule has 1 heterocycles. The van der Waals surface area contributed by atoms with Gasteiger partial charge in [0.25, 0.3) is 5.56 Å². The molecule has 0 radical (unpaired) electrons. The molecule has 0 unspecified atom stereocenters. The van der Waals surface area contributed by atoms with Crippen molar-refractivity contribution in [1.82, 2.24) is 9.97 Å². The van der Waals surface area contributed by atoms with Crippen molar-refractivity contribution in [1.29, 1.82) is 5.26 Å². The van der Waals surface area contributed by atoms with Crippen LogP contribution in [0.15, 0.2) is 28.2 Å². The first-order valence-electron chi connectivity index (χ1n) is 7.61. The van der Waals surface area contributed by atoms with Gasteiger partial charge >= 0.3 is 0 Å². The van der Waals surface area contributed by atoms with Crippen LogP contribution in [0.3, 0.4) is 0 Å². The highest BCUT2D eigenvalue weighted by atomic mass is 32.2. The zero-order chi connectivity index (χ0) is 17.5. The average molecular weight is 347 g/mol. The Morgan fingerprint density at radius 2 is 2.21 bits per heavy atom. The Hall–Kier alpha value is -2.33. The van der Waals surface area contributed by atoms with Crippen molar-refractivity contribution in [2.45, 2.75) is 31.3 Å². The van der Waals surface area contributed by atoms with E-state index in [0.717, 1.165) is 19.3 Å². The largest absolute Gasteiger partial charge is 0.490 e. The first-order chi connectivity index (χ1) is 11.6. The minimum Gasteiger partial charge on any atom is -0.490 e. The van der Waals surface area contributed by atoms with Crippen molar-refractivity contribution in [2.24, 2.45) is 0 Å². The highest BCUT2D eigenvalue weighted by Gasteiger charge is 2.15. The van der Waals surface area contributed by atoms with E-state index in [-0.39, 0.29) is 17.0 Å².